The molecule has 6 nitrogen and oxygen atoms in total. The van der Waals surface area contributed by atoms with Crippen molar-refractivity contribution in [3.8, 4) is 11.5 Å². The van der Waals surface area contributed by atoms with Crippen LogP contribution >= 0.6 is 0 Å². The number of aromatic hydroxyl groups is 2. The average Bonchev–Trinajstić information content (AvgIpc) is 2.78. The molecule has 0 saturated carbocycles. The highest BCUT2D eigenvalue weighted by Gasteiger charge is 2.11. The van der Waals surface area contributed by atoms with Crippen LogP contribution in [0.15, 0.2) is 30.5 Å². The maximum atomic E-state index is 11.8. The predicted molar refractivity (Wildman–Crippen MR) is 69.0 cm³/mol. The number of benzene rings is 1. The van der Waals surface area contributed by atoms with Crippen molar-refractivity contribution >= 4 is 5.91 Å². The van der Waals surface area contributed by atoms with Gasteiger partial charge in [0.05, 0.1) is 5.56 Å². The van der Waals surface area contributed by atoms with Gasteiger partial charge in [0.1, 0.15) is 11.5 Å². The molecule has 1 heterocycles. The van der Waals surface area contributed by atoms with Crippen molar-refractivity contribution in [2.24, 2.45) is 7.05 Å². The van der Waals surface area contributed by atoms with Crippen LogP contribution in [0, 0.1) is 0 Å². The summed E-state index contributed by atoms with van der Waals surface area (Å²) in [6.45, 7) is 0.424. The van der Waals surface area contributed by atoms with Gasteiger partial charge in [-0.05, 0) is 24.3 Å². The van der Waals surface area contributed by atoms with E-state index in [2.05, 4.69) is 10.4 Å². The fourth-order valence-corrected chi connectivity index (χ4v) is 1.75. The molecule has 1 aromatic heterocycles. The van der Waals surface area contributed by atoms with E-state index in [1.807, 2.05) is 13.1 Å². The van der Waals surface area contributed by atoms with Crippen molar-refractivity contribution in [3.05, 3.63) is 41.7 Å². The van der Waals surface area contributed by atoms with Gasteiger partial charge in [0.15, 0.2) is 0 Å². The Morgan fingerprint density at radius 1 is 1.37 bits per heavy atom. The number of phenols is 2. The van der Waals surface area contributed by atoms with E-state index in [4.69, 9.17) is 0 Å². The SMILES string of the molecule is Cn1nccc1CCNC(=O)c1cc(O)ccc1O. The second-order valence-electron chi connectivity index (χ2n) is 4.15. The molecule has 0 saturated heterocycles. The minimum atomic E-state index is -0.421. The van der Waals surface area contributed by atoms with Crippen LogP contribution in [-0.2, 0) is 13.5 Å². The third-order valence-corrected chi connectivity index (χ3v) is 2.81. The lowest BCUT2D eigenvalue weighted by Gasteiger charge is -2.07. The first-order chi connectivity index (χ1) is 9.08. The van der Waals surface area contributed by atoms with Crippen molar-refractivity contribution in [2.75, 3.05) is 6.54 Å². The van der Waals surface area contributed by atoms with Gasteiger partial charge in [-0.2, -0.15) is 5.10 Å². The van der Waals surface area contributed by atoms with Crippen molar-refractivity contribution in [3.63, 3.8) is 0 Å². The summed E-state index contributed by atoms with van der Waals surface area (Å²) in [5.41, 5.74) is 1.06. The number of carbonyl (C=O) groups is 1. The first-order valence-corrected chi connectivity index (χ1v) is 5.85. The summed E-state index contributed by atoms with van der Waals surface area (Å²) in [4.78, 5) is 11.8. The number of hydrogen-bond donors (Lipinski definition) is 3. The third-order valence-electron chi connectivity index (χ3n) is 2.81. The Balaban J connectivity index is 1.94. The molecule has 3 N–H and O–H groups in total. The van der Waals surface area contributed by atoms with E-state index < -0.39 is 5.91 Å². The number of aryl methyl sites for hydroxylation is 1. The topological polar surface area (TPSA) is 87.4 Å². The molecule has 1 aromatic carbocycles. The zero-order chi connectivity index (χ0) is 13.8. The molecular formula is C13H15N3O3. The molecule has 0 fully saturated rings. The van der Waals surface area contributed by atoms with Crippen LogP contribution in [0.1, 0.15) is 16.1 Å². The summed E-state index contributed by atoms with van der Waals surface area (Å²) in [7, 11) is 1.83. The van der Waals surface area contributed by atoms with Crippen LogP contribution in [0.5, 0.6) is 11.5 Å². The molecule has 0 aliphatic heterocycles. The lowest BCUT2D eigenvalue weighted by atomic mass is 10.1. The first-order valence-electron chi connectivity index (χ1n) is 5.85. The summed E-state index contributed by atoms with van der Waals surface area (Å²) in [6, 6.07) is 5.71. The molecule has 2 rings (SSSR count). The molecule has 0 atom stereocenters. The fourth-order valence-electron chi connectivity index (χ4n) is 1.75. The summed E-state index contributed by atoms with van der Waals surface area (Å²) >= 11 is 0. The minimum absolute atomic E-state index is 0.0602. The van der Waals surface area contributed by atoms with E-state index in [1.165, 1.54) is 18.2 Å². The van der Waals surface area contributed by atoms with Gasteiger partial charge in [0.2, 0.25) is 0 Å². The lowest BCUT2D eigenvalue weighted by Crippen LogP contribution is -2.26. The van der Waals surface area contributed by atoms with E-state index in [0.717, 1.165) is 5.69 Å². The number of hydrogen-bond acceptors (Lipinski definition) is 4. The molecule has 1 amide bonds. The average molecular weight is 261 g/mol. The number of aromatic nitrogens is 2. The van der Waals surface area contributed by atoms with Crippen molar-refractivity contribution in [1.82, 2.24) is 15.1 Å². The molecule has 6 heteroatoms. The highest BCUT2D eigenvalue weighted by atomic mass is 16.3. The number of amides is 1. The minimum Gasteiger partial charge on any atom is -0.508 e. The molecule has 0 bridgehead atoms. The summed E-state index contributed by atoms with van der Waals surface area (Å²) in [5, 5.41) is 25.6. The Hall–Kier alpha value is -2.50. The van der Waals surface area contributed by atoms with E-state index >= 15 is 0 Å². The predicted octanol–water partition coefficient (Wildman–Crippen LogP) is 0.804. The maximum absolute atomic E-state index is 11.8. The Morgan fingerprint density at radius 3 is 2.84 bits per heavy atom. The largest absolute Gasteiger partial charge is 0.508 e. The monoisotopic (exact) mass is 261 g/mol. The standard InChI is InChI=1S/C13H15N3O3/c1-16-9(5-7-15-16)4-6-14-13(19)11-8-10(17)2-3-12(11)18/h2-3,5,7-8,17-18H,4,6H2,1H3,(H,14,19). The number of nitrogens with zero attached hydrogens (tertiary/aromatic N) is 2. The van der Waals surface area contributed by atoms with Gasteiger partial charge < -0.3 is 15.5 Å². The molecule has 100 valence electrons. The Labute approximate surface area is 110 Å². The smallest absolute Gasteiger partial charge is 0.255 e. The van der Waals surface area contributed by atoms with E-state index in [-0.39, 0.29) is 17.1 Å². The number of rotatable bonds is 4. The van der Waals surface area contributed by atoms with Crippen LogP contribution in [0.2, 0.25) is 0 Å². The van der Waals surface area contributed by atoms with Gasteiger partial charge in [-0.1, -0.05) is 0 Å². The fraction of sp³-hybridized carbons (Fsp3) is 0.231. The summed E-state index contributed by atoms with van der Waals surface area (Å²) < 4.78 is 1.73. The van der Waals surface area contributed by atoms with Crippen LogP contribution < -0.4 is 5.32 Å². The van der Waals surface area contributed by atoms with Crippen molar-refractivity contribution in [1.29, 1.82) is 0 Å². The molecule has 0 unspecified atom stereocenters. The van der Waals surface area contributed by atoms with E-state index in [9.17, 15) is 15.0 Å². The zero-order valence-electron chi connectivity index (χ0n) is 10.5. The van der Waals surface area contributed by atoms with Crippen LogP contribution in [0.4, 0.5) is 0 Å². The van der Waals surface area contributed by atoms with E-state index in [0.29, 0.717) is 13.0 Å². The molecule has 0 spiro atoms. The maximum Gasteiger partial charge on any atom is 0.255 e. The molecule has 19 heavy (non-hydrogen) atoms. The Morgan fingerprint density at radius 2 is 2.16 bits per heavy atom. The van der Waals surface area contributed by atoms with Crippen LogP contribution in [0.25, 0.3) is 0 Å². The van der Waals surface area contributed by atoms with Gasteiger partial charge >= 0.3 is 0 Å². The number of phenolic OH excluding ortho intramolecular Hbond substituents is 2. The van der Waals surface area contributed by atoms with Gasteiger partial charge in [0.25, 0.3) is 5.91 Å². The second-order valence-corrected chi connectivity index (χ2v) is 4.15. The quantitative estimate of drug-likeness (QED) is 0.710. The van der Waals surface area contributed by atoms with E-state index in [1.54, 1.807) is 10.9 Å². The normalized spacial score (nSPS) is 10.4. The second kappa shape index (κ2) is 5.43. The van der Waals surface area contributed by atoms with Crippen LogP contribution in [0.3, 0.4) is 0 Å². The summed E-state index contributed by atoms with van der Waals surface area (Å²) in [6.07, 6.45) is 2.33. The first kappa shape index (κ1) is 12.9. The van der Waals surface area contributed by atoms with Gasteiger partial charge in [-0.25, -0.2) is 0 Å². The van der Waals surface area contributed by atoms with Crippen molar-refractivity contribution < 1.29 is 15.0 Å². The summed E-state index contributed by atoms with van der Waals surface area (Å²) in [5.74, 6) is -0.638. The van der Waals surface area contributed by atoms with Crippen LogP contribution in [-0.4, -0.2) is 32.4 Å². The molecule has 0 radical (unpaired) electrons. The number of carbonyl (C=O) groups excluding carboxylic acids is 1. The Bertz CT molecular complexity index is 593. The molecule has 2 aromatic rings. The highest BCUT2D eigenvalue weighted by Crippen LogP contribution is 2.21. The van der Waals surface area contributed by atoms with Crippen molar-refractivity contribution in [2.45, 2.75) is 6.42 Å². The third kappa shape index (κ3) is 3.04. The van der Waals surface area contributed by atoms with Gasteiger partial charge in [-0.15, -0.1) is 0 Å². The lowest BCUT2D eigenvalue weighted by molar-refractivity contribution is 0.0951. The molecule has 0 aliphatic rings. The van der Waals surface area contributed by atoms with Gasteiger partial charge in [0, 0.05) is 31.9 Å². The molecule has 0 aliphatic carbocycles. The zero-order valence-corrected chi connectivity index (χ0v) is 10.5. The Kier molecular flexibility index (Phi) is 3.70. The molecular weight excluding hydrogens is 246 g/mol. The number of nitrogens with one attached hydrogen (secondary N) is 1. The van der Waals surface area contributed by atoms with Gasteiger partial charge in [-0.3, -0.25) is 9.48 Å². The highest BCUT2D eigenvalue weighted by molar-refractivity contribution is 5.97.